The second-order valence-electron chi connectivity index (χ2n) is 1.50. The fourth-order valence-corrected chi connectivity index (χ4v) is 1.26. The molecule has 0 aromatic rings. The Hall–Kier alpha value is -0.500. The summed E-state index contributed by atoms with van der Waals surface area (Å²) in [5, 5.41) is 3.36. The summed E-state index contributed by atoms with van der Waals surface area (Å²) in [7, 11) is 0. The van der Waals surface area contributed by atoms with E-state index < -0.39 is 0 Å². The highest BCUT2D eigenvalue weighted by Gasteiger charge is 1.98. The van der Waals surface area contributed by atoms with Crippen LogP contribution in [0, 0.1) is 0 Å². The fraction of sp³-hybridized carbons (Fsp3) is 0. The third-order valence-corrected chi connectivity index (χ3v) is 2.02. The molecule has 2 N–H and O–H groups in total. The van der Waals surface area contributed by atoms with Crippen LogP contribution in [-0.2, 0) is 0 Å². The van der Waals surface area contributed by atoms with Crippen molar-refractivity contribution in [1.29, 1.82) is 0 Å². The van der Waals surface area contributed by atoms with E-state index in [0.717, 1.165) is 9.93 Å². The van der Waals surface area contributed by atoms with E-state index in [0.29, 0.717) is 0 Å². The van der Waals surface area contributed by atoms with Gasteiger partial charge in [-0.25, -0.2) is 0 Å². The number of hydrogen-bond acceptors (Lipinski definition) is 3. The van der Waals surface area contributed by atoms with Crippen molar-refractivity contribution in [3.63, 3.8) is 0 Å². The van der Waals surface area contributed by atoms with Crippen LogP contribution < -0.4 is 5.73 Å². The zero-order valence-corrected chi connectivity index (χ0v) is 6.26. The quantitative estimate of drug-likeness (QED) is 0.538. The lowest BCUT2D eigenvalue weighted by Gasteiger charge is -2.01. The minimum absolute atomic E-state index is 0.768. The molecule has 0 aromatic carbocycles. The molecule has 3 heteroatoms. The molecule has 46 valence electrons. The lowest BCUT2D eigenvalue weighted by atomic mass is 10.4. The molecule has 0 aliphatic carbocycles. The summed E-state index contributed by atoms with van der Waals surface area (Å²) in [6.45, 7) is 0. The van der Waals surface area contributed by atoms with Gasteiger partial charge >= 0.3 is 0 Å². The summed E-state index contributed by atoms with van der Waals surface area (Å²) >= 11 is 6.02. The second-order valence-corrected chi connectivity index (χ2v) is 2.82. The Bertz CT molecular complexity index is 221. The van der Waals surface area contributed by atoms with Crippen LogP contribution in [-0.4, -0.2) is 5.02 Å². The van der Waals surface area contributed by atoms with Crippen molar-refractivity contribution < 1.29 is 0 Å². The van der Waals surface area contributed by atoms with E-state index in [2.05, 4.69) is 17.2 Å². The number of rotatable bonds is 0. The highest BCUT2D eigenvalue weighted by molar-refractivity contribution is 8.07. The van der Waals surface area contributed by atoms with Crippen molar-refractivity contribution in [1.82, 2.24) is 0 Å². The molecule has 1 heterocycles. The molecule has 1 aliphatic rings. The highest BCUT2D eigenvalue weighted by atomic mass is 32.2. The van der Waals surface area contributed by atoms with Crippen molar-refractivity contribution in [2.24, 2.45) is 5.73 Å². The zero-order chi connectivity index (χ0) is 6.69. The Morgan fingerprint density at radius 3 is 2.89 bits per heavy atom. The summed E-state index contributed by atoms with van der Waals surface area (Å²) in [6, 6.07) is 0. The van der Waals surface area contributed by atoms with Gasteiger partial charge in [0.2, 0.25) is 0 Å². The van der Waals surface area contributed by atoms with Gasteiger partial charge in [-0.2, -0.15) is 0 Å². The molecule has 0 fully saturated rings. The van der Waals surface area contributed by atoms with E-state index in [1.165, 1.54) is 11.8 Å². The van der Waals surface area contributed by atoms with E-state index >= 15 is 0 Å². The Morgan fingerprint density at radius 1 is 1.67 bits per heavy atom. The number of hydrogen-bond donors (Lipinski definition) is 1. The lowest BCUT2D eigenvalue weighted by Crippen LogP contribution is -1.93. The predicted octanol–water partition coefficient (Wildman–Crippen LogP) is 1.57. The molecular weight excluding hydrogens is 150 g/mol. The molecule has 0 spiro atoms. The topological polar surface area (TPSA) is 26.0 Å². The standard InChI is InChI=1S/C6H5NS2/c7-6-3-1-2-5(4-8)9-6/h1-3H,7H2. The predicted molar refractivity (Wildman–Crippen MR) is 45.1 cm³/mol. The Morgan fingerprint density at radius 2 is 2.44 bits per heavy atom. The Kier molecular flexibility index (Phi) is 2.11. The molecule has 9 heavy (non-hydrogen) atoms. The first-order valence-corrected chi connectivity index (χ1v) is 3.62. The molecule has 0 amide bonds. The number of allylic oxidation sites excluding steroid dienone is 3. The first-order valence-electron chi connectivity index (χ1n) is 2.40. The van der Waals surface area contributed by atoms with E-state index in [1.807, 2.05) is 18.2 Å². The van der Waals surface area contributed by atoms with Gasteiger partial charge in [0, 0.05) is 0 Å². The molecule has 0 saturated heterocycles. The van der Waals surface area contributed by atoms with Gasteiger partial charge in [-0.1, -0.05) is 17.8 Å². The average molecular weight is 155 g/mol. The van der Waals surface area contributed by atoms with Crippen LogP contribution in [0.15, 0.2) is 28.2 Å². The molecular formula is C6H5NS2. The van der Waals surface area contributed by atoms with Gasteiger partial charge in [0.05, 0.1) is 9.93 Å². The molecule has 0 atom stereocenters. The van der Waals surface area contributed by atoms with Crippen molar-refractivity contribution in [3.05, 3.63) is 28.2 Å². The summed E-state index contributed by atoms with van der Waals surface area (Å²) in [6.07, 6.45) is 5.58. The average Bonchev–Trinajstić information content (AvgIpc) is 1.88. The molecule has 0 unspecified atom stereocenters. The molecule has 0 aromatic heterocycles. The summed E-state index contributed by atoms with van der Waals surface area (Å²) < 4.78 is 0. The highest BCUT2D eigenvalue weighted by Crippen LogP contribution is 2.23. The van der Waals surface area contributed by atoms with Gasteiger partial charge < -0.3 is 5.73 Å². The Balaban J connectivity index is 2.85. The first kappa shape index (κ1) is 6.62. The first-order chi connectivity index (χ1) is 4.33. The lowest BCUT2D eigenvalue weighted by molar-refractivity contribution is 1.54. The van der Waals surface area contributed by atoms with Gasteiger partial charge in [0.25, 0.3) is 0 Å². The molecule has 1 rings (SSSR count). The molecule has 0 bridgehead atoms. The van der Waals surface area contributed by atoms with Gasteiger partial charge in [-0.15, -0.1) is 0 Å². The second kappa shape index (κ2) is 2.87. The number of thiocarbonyl (C=S) groups is 1. The van der Waals surface area contributed by atoms with Crippen LogP contribution in [0.3, 0.4) is 0 Å². The maximum Gasteiger partial charge on any atom is 0.0710 e. The third-order valence-electron chi connectivity index (χ3n) is 0.836. The van der Waals surface area contributed by atoms with Crippen LogP contribution >= 0.6 is 24.0 Å². The summed E-state index contributed by atoms with van der Waals surface area (Å²) in [4.78, 5) is 0.907. The smallest absolute Gasteiger partial charge is 0.0710 e. The van der Waals surface area contributed by atoms with Gasteiger partial charge in [0.15, 0.2) is 0 Å². The monoisotopic (exact) mass is 155 g/mol. The van der Waals surface area contributed by atoms with Crippen LogP contribution in [0.4, 0.5) is 0 Å². The molecule has 1 aliphatic heterocycles. The van der Waals surface area contributed by atoms with Gasteiger partial charge in [0.1, 0.15) is 0 Å². The summed E-state index contributed by atoms with van der Waals surface area (Å²) in [5.41, 5.74) is 5.47. The van der Waals surface area contributed by atoms with Crippen molar-refractivity contribution in [3.8, 4) is 0 Å². The minimum Gasteiger partial charge on any atom is -0.393 e. The Labute approximate surface area is 63.3 Å². The van der Waals surface area contributed by atoms with Crippen LogP contribution in [0.25, 0.3) is 0 Å². The molecule has 1 nitrogen and oxygen atoms in total. The fourth-order valence-electron chi connectivity index (χ4n) is 0.480. The van der Waals surface area contributed by atoms with Crippen molar-refractivity contribution in [2.75, 3.05) is 0 Å². The third kappa shape index (κ3) is 1.72. The molecule has 0 saturated carbocycles. The van der Waals surface area contributed by atoms with E-state index in [-0.39, 0.29) is 0 Å². The largest absolute Gasteiger partial charge is 0.393 e. The van der Waals surface area contributed by atoms with E-state index in [9.17, 15) is 0 Å². The van der Waals surface area contributed by atoms with E-state index in [4.69, 9.17) is 5.73 Å². The SMILES string of the molecule is NC1=CC=CC(=C=S)S1. The van der Waals surface area contributed by atoms with Gasteiger partial charge in [-0.05, 0) is 29.4 Å². The van der Waals surface area contributed by atoms with Crippen molar-refractivity contribution in [2.45, 2.75) is 0 Å². The van der Waals surface area contributed by atoms with Crippen LogP contribution in [0.5, 0.6) is 0 Å². The maximum atomic E-state index is 5.47. The van der Waals surface area contributed by atoms with Crippen LogP contribution in [0.2, 0.25) is 0 Å². The van der Waals surface area contributed by atoms with Crippen molar-refractivity contribution >= 4 is 29.0 Å². The zero-order valence-electron chi connectivity index (χ0n) is 4.63. The maximum absolute atomic E-state index is 5.47. The minimum atomic E-state index is 0.768. The normalized spacial score (nSPS) is 16.9. The number of thioether (sulfide) groups is 1. The van der Waals surface area contributed by atoms with Crippen LogP contribution in [0.1, 0.15) is 0 Å². The summed E-state index contributed by atoms with van der Waals surface area (Å²) in [5.74, 6) is 0. The van der Waals surface area contributed by atoms with Gasteiger partial charge in [-0.3, -0.25) is 0 Å². The molecule has 0 radical (unpaired) electrons. The van der Waals surface area contributed by atoms with E-state index in [1.54, 1.807) is 0 Å². The number of nitrogens with two attached hydrogens (primary N) is 1.